The third-order valence-corrected chi connectivity index (χ3v) is 5.16. The lowest BCUT2D eigenvalue weighted by atomic mass is 10.2. The number of thiophene rings is 1. The van der Waals surface area contributed by atoms with Crippen LogP contribution in [0.4, 0.5) is 5.00 Å². The van der Waals surface area contributed by atoms with Gasteiger partial charge in [0, 0.05) is 31.2 Å². The largest absolute Gasteiger partial charge is 0.497 e. The number of carbonyl (C=O) groups excluding carboxylic acids is 2. The molecule has 1 aliphatic rings. The first-order valence-corrected chi connectivity index (χ1v) is 8.97. The van der Waals surface area contributed by atoms with Crippen LogP contribution in [-0.2, 0) is 0 Å². The molecule has 3 rings (SSSR count). The second-order valence-electron chi connectivity index (χ2n) is 5.90. The van der Waals surface area contributed by atoms with Crippen molar-refractivity contribution in [3.63, 3.8) is 0 Å². The zero-order chi connectivity index (χ0) is 17.8. The molecule has 1 fully saturated rings. The lowest BCUT2D eigenvalue weighted by molar-refractivity contribution is 0.0660. The lowest BCUT2D eigenvalue weighted by Crippen LogP contribution is -2.52. The molecule has 25 heavy (non-hydrogen) atoms. The second-order valence-corrected chi connectivity index (χ2v) is 6.98. The fourth-order valence-electron chi connectivity index (χ4n) is 2.73. The summed E-state index contributed by atoms with van der Waals surface area (Å²) in [6.07, 6.45) is 0. The minimum atomic E-state index is -0.209. The molecule has 0 radical (unpaired) electrons. The highest BCUT2D eigenvalue weighted by Gasteiger charge is 2.25. The highest BCUT2D eigenvalue weighted by Crippen LogP contribution is 2.25. The number of hydrogen-bond acceptors (Lipinski definition) is 5. The Morgan fingerprint density at radius 3 is 2.68 bits per heavy atom. The summed E-state index contributed by atoms with van der Waals surface area (Å²) in [5.74, 6) is 0.508. The molecule has 2 heterocycles. The molecule has 0 bridgehead atoms. The Labute approximate surface area is 150 Å². The Morgan fingerprint density at radius 1 is 1.24 bits per heavy atom. The quantitative estimate of drug-likeness (QED) is 0.880. The van der Waals surface area contributed by atoms with Crippen LogP contribution in [-0.4, -0.2) is 49.5 Å². The summed E-state index contributed by atoms with van der Waals surface area (Å²) in [5, 5.41) is 6.77. The number of methoxy groups -OCH3 is 1. The molecule has 1 saturated heterocycles. The van der Waals surface area contributed by atoms with Crippen LogP contribution in [0.15, 0.2) is 36.4 Å². The van der Waals surface area contributed by atoms with Crippen LogP contribution in [0.25, 0.3) is 0 Å². The molecular weight excluding hydrogens is 338 g/mol. The molecule has 0 saturated carbocycles. The Bertz CT molecular complexity index is 757. The molecule has 1 aromatic carbocycles. The van der Waals surface area contributed by atoms with Crippen molar-refractivity contribution < 1.29 is 14.3 Å². The van der Waals surface area contributed by atoms with Gasteiger partial charge in [0.25, 0.3) is 11.8 Å². The maximum absolute atomic E-state index is 12.6. The van der Waals surface area contributed by atoms with Crippen molar-refractivity contribution >= 4 is 28.2 Å². The number of rotatable bonds is 4. The number of amides is 2. The average Bonchev–Trinajstić information content (AvgIpc) is 3.10. The highest BCUT2D eigenvalue weighted by molar-refractivity contribution is 7.18. The summed E-state index contributed by atoms with van der Waals surface area (Å²) in [5.41, 5.74) is 0.540. The summed E-state index contributed by atoms with van der Waals surface area (Å²) < 4.78 is 5.09. The molecule has 0 unspecified atom stereocenters. The van der Waals surface area contributed by atoms with Crippen LogP contribution in [0.3, 0.4) is 0 Å². The first kappa shape index (κ1) is 17.4. The van der Waals surface area contributed by atoms with Crippen molar-refractivity contribution in [2.24, 2.45) is 0 Å². The molecular formula is C18H21N3O3S. The fourth-order valence-corrected chi connectivity index (χ4v) is 3.59. The van der Waals surface area contributed by atoms with Gasteiger partial charge < -0.3 is 20.3 Å². The van der Waals surface area contributed by atoms with Crippen molar-refractivity contribution in [2.45, 2.75) is 13.0 Å². The number of nitrogens with one attached hydrogen (secondary N) is 2. The minimum absolute atomic E-state index is 0.0175. The van der Waals surface area contributed by atoms with Gasteiger partial charge in [-0.15, -0.1) is 11.3 Å². The highest BCUT2D eigenvalue weighted by atomic mass is 32.1. The van der Waals surface area contributed by atoms with Crippen molar-refractivity contribution in [1.29, 1.82) is 0 Å². The smallest absolute Gasteiger partial charge is 0.264 e. The van der Waals surface area contributed by atoms with E-state index in [1.54, 1.807) is 43.5 Å². The van der Waals surface area contributed by atoms with E-state index in [2.05, 4.69) is 10.6 Å². The van der Waals surface area contributed by atoms with E-state index in [1.165, 1.54) is 11.3 Å². The van der Waals surface area contributed by atoms with Gasteiger partial charge in [-0.25, -0.2) is 0 Å². The van der Waals surface area contributed by atoms with E-state index < -0.39 is 0 Å². The van der Waals surface area contributed by atoms with Gasteiger partial charge in [0.05, 0.1) is 17.0 Å². The van der Waals surface area contributed by atoms with Gasteiger partial charge in [-0.2, -0.15) is 0 Å². The number of carbonyl (C=O) groups is 2. The molecule has 1 aromatic heterocycles. The average molecular weight is 359 g/mol. The van der Waals surface area contributed by atoms with Crippen LogP contribution >= 0.6 is 11.3 Å². The molecule has 0 aliphatic carbocycles. The van der Waals surface area contributed by atoms with Crippen LogP contribution < -0.4 is 15.4 Å². The second kappa shape index (κ2) is 7.67. The van der Waals surface area contributed by atoms with Gasteiger partial charge in [-0.1, -0.05) is 0 Å². The Morgan fingerprint density at radius 2 is 2.00 bits per heavy atom. The summed E-state index contributed by atoms with van der Waals surface area (Å²) >= 11 is 1.30. The molecule has 2 amide bonds. The van der Waals surface area contributed by atoms with E-state index >= 15 is 0 Å². The molecule has 6 nitrogen and oxygen atoms in total. The third-order valence-electron chi connectivity index (χ3n) is 4.17. The van der Waals surface area contributed by atoms with Crippen molar-refractivity contribution in [3.05, 3.63) is 46.8 Å². The number of nitrogens with zero attached hydrogens (tertiary/aromatic N) is 1. The molecule has 2 aromatic rings. The minimum Gasteiger partial charge on any atom is -0.497 e. The Hall–Kier alpha value is -2.38. The van der Waals surface area contributed by atoms with Crippen molar-refractivity contribution in [3.8, 4) is 5.75 Å². The SMILES string of the molecule is COc1ccc(C(=O)Nc2ccc(C(=O)N3CCNC[C@H]3C)s2)cc1. The number of benzene rings is 1. The molecule has 7 heteroatoms. The van der Waals surface area contributed by atoms with E-state index in [-0.39, 0.29) is 17.9 Å². The first-order chi connectivity index (χ1) is 12.1. The van der Waals surface area contributed by atoms with E-state index in [1.807, 2.05) is 11.8 Å². The number of piperazine rings is 1. The molecule has 132 valence electrons. The zero-order valence-corrected chi connectivity index (χ0v) is 15.1. The molecule has 0 spiro atoms. The zero-order valence-electron chi connectivity index (χ0n) is 14.2. The van der Waals surface area contributed by atoms with E-state index in [0.29, 0.717) is 27.7 Å². The number of ether oxygens (including phenoxy) is 1. The lowest BCUT2D eigenvalue weighted by Gasteiger charge is -2.33. The summed E-state index contributed by atoms with van der Waals surface area (Å²) in [6.45, 7) is 4.34. The van der Waals surface area contributed by atoms with E-state index in [9.17, 15) is 9.59 Å². The van der Waals surface area contributed by atoms with Gasteiger partial charge in [0.1, 0.15) is 5.75 Å². The van der Waals surface area contributed by atoms with Crippen molar-refractivity contribution in [2.75, 3.05) is 32.1 Å². The van der Waals surface area contributed by atoms with E-state index in [0.717, 1.165) is 13.1 Å². The molecule has 1 atom stereocenters. The third kappa shape index (κ3) is 4.00. The fraction of sp³-hybridized carbons (Fsp3) is 0.333. The topological polar surface area (TPSA) is 70.7 Å². The molecule has 2 N–H and O–H groups in total. The standard InChI is InChI=1S/C18H21N3O3S/c1-12-11-19-9-10-21(12)18(23)15-7-8-16(25-15)20-17(22)13-3-5-14(24-2)6-4-13/h3-8,12,19H,9-11H2,1-2H3,(H,20,22)/t12-/m1/s1. The van der Waals surface area contributed by atoms with Crippen LogP contribution in [0.5, 0.6) is 5.75 Å². The van der Waals surface area contributed by atoms with Crippen LogP contribution in [0.1, 0.15) is 27.0 Å². The molecule has 1 aliphatic heterocycles. The summed E-state index contributed by atoms with van der Waals surface area (Å²) in [7, 11) is 1.58. The van der Waals surface area contributed by atoms with Gasteiger partial charge in [-0.05, 0) is 43.3 Å². The predicted octanol–water partition coefficient (Wildman–Crippen LogP) is 2.44. The van der Waals surface area contributed by atoms with Gasteiger partial charge in [0.15, 0.2) is 0 Å². The van der Waals surface area contributed by atoms with Gasteiger partial charge >= 0.3 is 0 Å². The van der Waals surface area contributed by atoms with Crippen LogP contribution in [0, 0.1) is 0 Å². The Balaban J connectivity index is 1.66. The maximum Gasteiger partial charge on any atom is 0.264 e. The van der Waals surface area contributed by atoms with Crippen LogP contribution in [0.2, 0.25) is 0 Å². The number of anilines is 1. The van der Waals surface area contributed by atoms with E-state index in [4.69, 9.17) is 4.74 Å². The summed E-state index contributed by atoms with van der Waals surface area (Å²) in [6, 6.07) is 10.6. The predicted molar refractivity (Wildman–Crippen MR) is 98.6 cm³/mol. The van der Waals surface area contributed by atoms with Gasteiger partial charge in [-0.3, -0.25) is 9.59 Å². The number of hydrogen-bond donors (Lipinski definition) is 2. The normalized spacial score (nSPS) is 17.2. The Kier molecular flexibility index (Phi) is 5.35. The van der Waals surface area contributed by atoms with Gasteiger partial charge in [0.2, 0.25) is 0 Å². The monoisotopic (exact) mass is 359 g/mol. The maximum atomic E-state index is 12.6. The first-order valence-electron chi connectivity index (χ1n) is 8.15. The summed E-state index contributed by atoms with van der Waals surface area (Å²) in [4.78, 5) is 27.4. The van der Waals surface area contributed by atoms with Crippen molar-refractivity contribution in [1.82, 2.24) is 10.2 Å².